The number of hydrogen-bond donors (Lipinski definition) is 2. The summed E-state index contributed by atoms with van der Waals surface area (Å²) in [4.78, 5) is 0. The standard InChI is InChI=1S/C27H26N6OS/c1-34-21-14-12-20(13-15-21)25-24(16-18-8-4-2-5-9-18)35-27-31-30-26(33(27)32-25)23-17-22(28-29-23)19-10-6-3-7-11-19/h2-15,22-24,28-29H,16-17H2,1H3. The molecule has 35 heavy (non-hydrogen) atoms. The molecule has 0 saturated carbocycles. The Morgan fingerprint density at radius 2 is 1.60 bits per heavy atom. The van der Waals surface area contributed by atoms with Crippen molar-refractivity contribution in [1.29, 1.82) is 0 Å². The van der Waals surface area contributed by atoms with Crippen LogP contribution < -0.4 is 15.6 Å². The van der Waals surface area contributed by atoms with Gasteiger partial charge in [0.15, 0.2) is 5.82 Å². The molecule has 1 fully saturated rings. The monoisotopic (exact) mass is 482 g/mol. The van der Waals surface area contributed by atoms with Gasteiger partial charge in [0.25, 0.3) is 0 Å². The summed E-state index contributed by atoms with van der Waals surface area (Å²) in [7, 11) is 1.68. The van der Waals surface area contributed by atoms with Gasteiger partial charge in [-0.25, -0.2) is 10.9 Å². The summed E-state index contributed by atoms with van der Waals surface area (Å²) in [5, 5.41) is 15.2. The lowest BCUT2D eigenvalue weighted by atomic mass is 10.0. The normalized spacial score (nSPS) is 21.4. The van der Waals surface area contributed by atoms with E-state index in [9.17, 15) is 0 Å². The van der Waals surface area contributed by atoms with E-state index in [0.29, 0.717) is 0 Å². The maximum Gasteiger partial charge on any atom is 0.212 e. The highest BCUT2D eigenvalue weighted by atomic mass is 32.2. The minimum absolute atomic E-state index is 0.00796. The van der Waals surface area contributed by atoms with Crippen LogP contribution in [-0.4, -0.2) is 32.9 Å². The predicted molar refractivity (Wildman–Crippen MR) is 138 cm³/mol. The van der Waals surface area contributed by atoms with Crippen molar-refractivity contribution in [3.8, 4) is 5.75 Å². The predicted octanol–water partition coefficient (Wildman–Crippen LogP) is 4.54. The molecule has 3 aromatic carbocycles. The highest BCUT2D eigenvalue weighted by Crippen LogP contribution is 2.36. The zero-order valence-corrected chi connectivity index (χ0v) is 20.2. The molecule has 4 aromatic rings. The Morgan fingerprint density at radius 1 is 0.886 bits per heavy atom. The van der Waals surface area contributed by atoms with E-state index < -0.39 is 0 Å². The van der Waals surface area contributed by atoms with Crippen LogP contribution in [0.2, 0.25) is 0 Å². The Bertz CT molecular complexity index is 1320. The van der Waals surface area contributed by atoms with Gasteiger partial charge in [-0.15, -0.1) is 10.2 Å². The van der Waals surface area contributed by atoms with E-state index in [4.69, 9.17) is 9.84 Å². The van der Waals surface area contributed by atoms with Crippen molar-refractivity contribution < 1.29 is 4.74 Å². The molecule has 2 aliphatic rings. The molecular weight excluding hydrogens is 456 g/mol. The third-order valence-corrected chi connectivity index (χ3v) is 7.60. The van der Waals surface area contributed by atoms with Gasteiger partial charge in [0.2, 0.25) is 5.16 Å². The van der Waals surface area contributed by atoms with Crippen molar-refractivity contribution in [2.24, 2.45) is 5.10 Å². The summed E-state index contributed by atoms with van der Waals surface area (Å²) in [6.07, 6.45) is 1.73. The lowest BCUT2D eigenvalue weighted by Gasteiger charge is -2.24. The van der Waals surface area contributed by atoms with Gasteiger partial charge in [-0.2, -0.15) is 9.78 Å². The number of fused-ring (bicyclic) bond motifs is 1. The topological polar surface area (TPSA) is 76.4 Å². The molecule has 3 unspecified atom stereocenters. The summed E-state index contributed by atoms with van der Waals surface area (Å²) < 4.78 is 7.29. The molecule has 0 aliphatic carbocycles. The molecule has 0 radical (unpaired) electrons. The molecule has 3 heterocycles. The summed E-state index contributed by atoms with van der Waals surface area (Å²) in [6.45, 7) is 0. The molecule has 2 N–H and O–H groups in total. The van der Waals surface area contributed by atoms with Gasteiger partial charge < -0.3 is 4.74 Å². The number of aromatic nitrogens is 3. The minimum atomic E-state index is 0.00796. The van der Waals surface area contributed by atoms with Crippen LogP contribution in [0.15, 0.2) is 95.2 Å². The van der Waals surface area contributed by atoms with Crippen LogP contribution in [0.5, 0.6) is 5.75 Å². The second kappa shape index (κ2) is 9.65. The summed E-state index contributed by atoms with van der Waals surface area (Å²) in [6, 6.07) is 29.3. The van der Waals surface area contributed by atoms with E-state index in [0.717, 1.165) is 40.8 Å². The molecule has 1 aromatic heterocycles. The fraction of sp³-hybridized carbons (Fsp3) is 0.222. The van der Waals surface area contributed by atoms with E-state index in [1.807, 2.05) is 28.9 Å². The molecule has 0 bridgehead atoms. The molecule has 6 rings (SSSR count). The van der Waals surface area contributed by atoms with E-state index in [1.54, 1.807) is 18.9 Å². The maximum atomic E-state index is 5.37. The molecule has 2 aliphatic heterocycles. The summed E-state index contributed by atoms with van der Waals surface area (Å²) in [5.74, 6) is 1.65. The Hall–Kier alpha value is -3.46. The van der Waals surface area contributed by atoms with Crippen LogP contribution >= 0.6 is 11.8 Å². The second-order valence-corrected chi connectivity index (χ2v) is 9.87. The van der Waals surface area contributed by atoms with E-state index in [2.05, 4.69) is 81.7 Å². The van der Waals surface area contributed by atoms with Crippen molar-refractivity contribution in [3.05, 3.63) is 107 Å². The average molecular weight is 483 g/mol. The SMILES string of the molecule is COc1ccc(C2=Nn3c(nnc3C3CC(c4ccccc4)NN3)SC2Cc2ccccc2)cc1. The lowest BCUT2D eigenvalue weighted by Crippen LogP contribution is -2.30. The Balaban J connectivity index is 1.33. The van der Waals surface area contributed by atoms with Crippen LogP contribution in [0.3, 0.4) is 0 Å². The number of hydrazine groups is 1. The van der Waals surface area contributed by atoms with Crippen LogP contribution in [0.4, 0.5) is 0 Å². The lowest BCUT2D eigenvalue weighted by molar-refractivity contribution is 0.415. The van der Waals surface area contributed by atoms with Crippen LogP contribution in [0.1, 0.15) is 41.0 Å². The van der Waals surface area contributed by atoms with Crippen molar-refractivity contribution in [2.45, 2.75) is 35.3 Å². The number of thioether (sulfide) groups is 1. The van der Waals surface area contributed by atoms with Gasteiger partial charge in [-0.3, -0.25) is 0 Å². The van der Waals surface area contributed by atoms with E-state index in [1.165, 1.54) is 11.1 Å². The van der Waals surface area contributed by atoms with Gasteiger partial charge in [-0.1, -0.05) is 72.4 Å². The van der Waals surface area contributed by atoms with E-state index in [-0.39, 0.29) is 17.3 Å². The number of nitrogens with zero attached hydrogens (tertiary/aromatic N) is 4. The molecule has 0 amide bonds. The zero-order chi connectivity index (χ0) is 23.6. The van der Waals surface area contributed by atoms with Gasteiger partial charge in [0, 0.05) is 6.04 Å². The van der Waals surface area contributed by atoms with Gasteiger partial charge in [0.1, 0.15) is 5.75 Å². The van der Waals surface area contributed by atoms with Crippen molar-refractivity contribution in [3.63, 3.8) is 0 Å². The molecular formula is C27H26N6OS. The molecule has 1 saturated heterocycles. The fourth-order valence-corrected chi connectivity index (χ4v) is 5.77. The van der Waals surface area contributed by atoms with Gasteiger partial charge in [0.05, 0.1) is 24.1 Å². The first-order valence-corrected chi connectivity index (χ1v) is 12.6. The number of methoxy groups -OCH3 is 1. The average Bonchev–Trinajstić information content (AvgIpc) is 3.56. The third kappa shape index (κ3) is 4.48. The van der Waals surface area contributed by atoms with Crippen LogP contribution in [0.25, 0.3) is 0 Å². The number of nitrogens with one attached hydrogen (secondary N) is 2. The third-order valence-electron chi connectivity index (χ3n) is 6.46. The second-order valence-electron chi connectivity index (χ2n) is 8.70. The Labute approximate surface area is 208 Å². The Morgan fingerprint density at radius 3 is 2.34 bits per heavy atom. The molecule has 0 spiro atoms. The quantitative estimate of drug-likeness (QED) is 0.420. The highest BCUT2D eigenvalue weighted by molar-refractivity contribution is 8.00. The maximum absolute atomic E-state index is 5.37. The zero-order valence-electron chi connectivity index (χ0n) is 19.3. The molecule has 3 atom stereocenters. The summed E-state index contributed by atoms with van der Waals surface area (Å²) >= 11 is 1.72. The van der Waals surface area contributed by atoms with Gasteiger partial charge >= 0.3 is 0 Å². The molecule has 8 heteroatoms. The number of benzene rings is 3. The van der Waals surface area contributed by atoms with Crippen molar-refractivity contribution >= 4 is 17.5 Å². The first-order valence-electron chi connectivity index (χ1n) is 11.7. The van der Waals surface area contributed by atoms with Crippen LogP contribution in [0, 0.1) is 0 Å². The molecule has 176 valence electrons. The first-order chi connectivity index (χ1) is 17.3. The van der Waals surface area contributed by atoms with Crippen molar-refractivity contribution in [2.75, 3.05) is 7.11 Å². The van der Waals surface area contributed by atoms with Crippen molar-refractivity contribution in [1.82, 2.24) is 25.7 Å². The highest BCUT2D eigenvalue weighted by Gasteiger charge is 2.34. The number of rotatable bonds is 6. The Kier molecular flexibility index (Phi) is 6.08. The van der Waals surface area contributed by atoms with E-state index >= 15 is 0 Å². The minimum Gasteiger partial charge on any atom is -0.497 e. The number of ether oxygens (including phenoxy) is 1. The summed E-state index contributed by atoms with van der Waals surface area (Å²) in [5.41, 5.74) is 11.4. The van der Waals surface area contributed by atoms with Gasteiger partial charge in [-0.05, 0) is 53.8 Å². The smallest absolute Gasteiger partial charge is 0.212 e. The largest absolute Gasteiger partial charge is 0.497 e. The fourth-order valence-electron chi connectivity index (χ4n) is 4.62. The van der Waals surface area contributed by atoms with Crippen LogP contribution in [-0.2, 0) is 6.42 Å². The molecule has 7 nitrogen and oxygen atoms in total. The number of hydrogen-bond acceptors (Lipinski definition) is 7. The first kappa shape index (κ1) is 22.0.